The molecule has 0 saturated carbocycles. The van der Waals surface area contributed by atoms with Gasteiger partial charge in [-0.15, -0.1) is 0 Å². The first-order valence-corrected chi connectivity index (χ1v) is 7.22. The van der Waals surface area contributed by atoms with Crippen LogP contribution in [0.2, 0.25) is 0 Å². The number of rotatable bonds is 4. The van der Waals surface area contributed by atoms with Crippen LogP contribution < -0.4 is 16.2 Å². The lowest BCUT2D eigenvalue weighted by Crippen LogP contribution is -2.34. The molecule has 0 atom stereocenters. The predicted octanol–water partition coefficient (Wildman–Crippen LogP) is 2.97. The lowest BCUT2D eigenvalue weighted by Gasteiger charge is -2.12. The van der Waals surface area contributed by atoms with Crippen molar-refractivity contribution >= 4 is 29.0 Å². The predicted molar refractivity (Wildman–Crippen MR) is 90.3 cm³/mol. The molecule has 0 fully saturated rings. The van der Waals surface area contributed by atoms with Crippen LogP contribution in [0.15, 0.2) is 30.3 Å². The molecule has 1 heterocycles. The van der Waals surface area contributed by atoms with Crippen molar-refractivity contribution in [1.29, 1.82) is 0 Å². The molecular weight excluding hydrogens is 282 g/mol. The number of nitrogens with one attached hydrogen (secondary N) is 3. The Labute approximate surface area is 130 Å². The molecule has 3 N–H and O–H groups in total. The van der Waals surface area contributed by atoms with Crippen molar-refractivity contribution in [3.05, 3.63) is 47.3 Å². The SMILES string of the molecule is CCc1cccc(NC(=S)NNc2nc(C)cc(C)n2)c1. The van der Waals surface area contributed by atoms with Gasteiger partial charge in [0.15, 0.2) is 5.11 Å². The molecule has 1 aromatic carbocycles. The van der Waals surface area contributed by atoms with Crippen LogP contribution in [0, 0.1) is 13.8 Å². The highest BCUT2D eigenvalue weighted by molar-refractivity contribution is 7.80. The molecule has 0 amide bonds. The third kappa shape index (κ3) is 4.68. The average molecular weight is 301 g/mol. The first-order valence-electron chi connectivity index (χ1n) is 6.81. The Morgan fingerprint density at radius 1 is 1.14 bits per heavy atom. The number of hydrazine groups is 1. The van der Waals surface area contributed by atoms with Gasteiger partial charge >= 0.3 is 0 Å². The van der Waals surface area contributed by atoms with Gasteiger partial charge in [0.25, 0.3) is 0 Å². The minimum atomic E-state index is 0.464. The summed E-state index contributed by atoms with van der Waals surface area (Å²) in [6.07, 6.45) is 0.990. The van der Waals surface area contributed by atoms with E-state index in [1.165, 1.54) is 5.56 Å². The van der Waals surface area contributed by atoms with E-state index in [2.05, 4.69) is 45.2 Å². The first kappa shape index (κ1) is 15.2. The number of benzene rings is 1. The van der Waals surface area contributed by atoms with Crippen molar-refractivity contribution in [1.82, 2.24) is 15.4 Å². The maximum Gasteiger partial charge on any atom is 0.242 e. The van der Waals surface area contributed by atoms with Gasteiger partial charge in [0.1, 0.15) is 0 Å². The first-order chi connectivity index (χ1) is 10.1. The van der Waals surface area contributed by atoms with E-state index in [4.69, 9.17) is 12.2 Å². The lowest BCUT2D eigenvalue weighted by molar-refractivity contribution is 0.991. The maximum absolute atomic E-state index is 5.24. The highest BCUT2D eigenvalue weighted by Gasteiger charge is 2.01. The van der Waals surface area contributed by atoms with Gasteiger partial charge in [-0.25, -0.2) is 9.97 Å². The van der Waals surface area contributed by atoms with E-state index in [-0.39, 0.29) is 0 Å². The van der Waals surface area contributed by atoms with E-state index in [1.54, 1.807) is 0 Å². The van der Waals surface area contributed by atoms with Crippen molar-refractivity contribution in [2.75, 3.05) is 10.7 Å². The molecule has 6 heteroatoms. The van der Waals surface area contributed by atoms with Crippen LogP contribution in [0.4, 0.5) is 11.6 Å². The van der Waals surface area contributed by atoms with Crippen LogP contribution in [-0.2, 0) is 6.42 Å². The Balaban J connectivity index is 1.92. The van der Waals surface area contributed by atoms with Crippen LogP contribution >= 0.6 is 12.2 Å². The zero-order chi connectivity index (χ0) is 15.2. The molecule has 0 radical (unpaired) electrons. The number of hydrogen-bond acceptors (Lipinski definition) is 4. The molecule has 0 unspecified atom stereocenters. The van der Waals surface area contributed by atoms with Crippen LogP contribution in [0.1, 0.15) is 23.9 Å². The van der Waals surface area contributed by atoms with Gasteiger partial charge < -0.3 is 5.32 Å². The lowest BCUT2D eigenvalue weighted by atomic mass is 10.1. The van der Waals surface area contributed by atoms with Crippen molar-refractivity contribution in [2.45, 2.75) is 27.2 Å². The van der Waals surface area contributed by atoms with Gasteiger partial charge in [-0.1, -0.05) is 19.1 Å². The van der Waals surface area contributed by atoms with E-state index in [0.29, 0.717) is 11.1 Å². The van der Waals surface area contributed by atoms with Crippen LogP contribution in [-0.4, -0.2) is 15.1 Å². The Morgan fingerprint density at radius 2 is 1.86 bits per heavy atom. The fraction of sp³-hybridized carbons (Fsp3) is 0.267. The fourth-order valence-electron chi connectivity index (χ4n) is 1.93. The minimum Gasteiger partial charge on any atom is -0.331 e. The van der Waals surface area contributed by atoms with Crippen LogP contribution in [0.5, 0.6) is 0 Å². The second-order valence-corrected chi connectivity index (χ2v) is 5.14. The monoisotopic (exact) mass is 301 g/mol. The number of nitrogens with zero attached hydrogens (tertiary/aromatic N) is 2. The number of aryl methyl sites for hydroxylation is 3. The number of thiocarbonyl (C=S) groups is 1. The zero-order valence-corrected chi connectivity index (χ0v) is 13.2. The molecule has 0 aliphatic carbocycles. The van der Waals surface area contributed by atoms with E-state index in [1.807, 2.05) is 32.0 Å². The molecule has 0 aliphatic rings. The summed E-state index contributed by atoms with van der Waals surface area (Å²) in [4.78, 5) is 8.54. The summed E-state index contributed by atoms with van der Waals surface area (Å²) in [7, 11) is 0. The van der Waals surface area contributed by atoms with Gasteiger partial charge in [-0.05, 0) is 56.2 Å². The summed E-state index contributed by atoms with van der Waals surface area (Å²) in [5.74, 6) is 0.499. The number of anilines is 2. The van der Waals surface area contributed by atoms with Crippen LogP contribution in [0.3, 0.4) is 0 Å². The standard InChI is InChI=1S/C15H19N5S/c1-4-12-6-5-7-13(9-12)18-15(21)20-19-14-16-10(2)8-11(3)17-14/h5-9H,4H2,1-3H3,(H,16,17,19)(H2,18,20,21). The maximum atomic E-state index is 5.24. The molecule has 0 spiro atoms. The number of hydrogen-bond donors (Lipinski definition) is 3. The fourth-order valence-corrected chi connectivity index (χ4v) is 2.09. The van der Waals surface area contributed by atoms with E-state index in [0.717, 1.165) is 23.5 Å². The molecule has 21 heavy (non-hydrogen) atoms. The molecule has 0 bridgehead atoms. The van der Waals surface area contributed by atoms with Crippen LogP contribution in [0.25, 0.3) is 0 Å². The van der Waals surface area contributed by atoms with Gasteiger partial charge in [0.05, 0.1) is 0 Å². The summed E-state index contributed by atoms with van der Waals surface area (Å²) in [6, 6.07) is 10.0. The highest BCUT2D eigenvalue weighted by Crippen LogP contribution is 2.10. The average Bonchev–Trinajstić information content (AvgIpc) is 2.44. The van der Waals surface area contributed by atoms with Gasteiger partial charge in [-0.3, -0.25) is 10.9 Å². The highest BCUT2D eigenvalue weighted by atomic mass is 32.1. The van der Waals surface area contributed by atoms with Gasteiger partial charge in [0.2, 0.25) is 5.95 Å². The molecule has 1 aromatic heterocycles. The second-order valence-electron chi connectivity index (χ2n) is 4.73. The van der Waals surface area contributed by atoms with Crippen molar-refractivity contribution in [2.24, 2.45) is 0 Å². The van der Waals surface area contributed by atoms with Gasteiger partial charge in [-0.2, -0.15) is 0 Å². The smallest absolute Gasteiger partial charge is 0.242 e. The van der Waals surface area contributed by atoms with E-state index >= 15 is 0 Å². The minimum absolute atomic E-state index is 0.464. The largest absolute Gasteiger partial charge is 0.331 e. The summed E-state index contributed by atoms with van der Waals surface area (Å²) < 4.78 is 0. The zero-order valence-electron chi connectivity index (χ0n) is 12.4. The quantitative estimate of drug-likeness (QED) is 0.596. The molecule has 0 saturated heterocycles. The molecular formula is C15H19N5S. The Morgan fingerprint density at radius 3 is 2.52 bits per heavy atom. The molecule has 5 nitrogen and oxygen atoms in total. The van der Waals surface area contributed by atoms with Gasteiger partial charge in [0, 0.05) is 17.1 Å². The van der Waals surface area contributed by atoms with E-state index in [9.17, 15) is 0 Å². The summed E-state index contributed by atoms with van der Waals surface area (Å²) >= 11 is 5.24. The molecule has 0 aliphatic heterocycles. The topological polar surface area (TPSA) is 61.9 Å². The second kappa shape index (κ2) is 6.99. The number of aromatic nitrogens is 2. The normalized spacial score (nSPS) is 10.0. The Kier molecular flexibility index (Phi) is 5.05. The molecule has 2 aromatic rings. The summed E-state index contributed by atoms with van der Waals surface area (Å²) in [5, 5.41) is 3.58. The molecule has 2 rings (SSSR count). The summed E-state index contributed by atoms with van der Waals surface area (Å²) in [6.45, 7) is 5.97. The van der Waals surface area contributed by atoms with Crippen molar-refractivity contribution < 1.29 is 0 Å². The van der Waals surface area contributed by atoms with Crippen molar-refractivity contribution in [3.8, 4) is 0 Å². The Bertz CT molecular complexity index is 621. The summed E-state index contributed by atoms with van der Waals surface area (Å²) in [5.41, 5.74) is 9.80. The third-order valence-electron chi connectivity index (χ3n) is 2.86. The molecule has 110 valence electrons. The van der Waals surface area contributed by atoms with Crippen molar-refractivity contribution in [3.63, 3.8) is 0 Å². The third-order valence-corrected chi connectivity index (χ3v) is 3.07. The van der Waals surface area contributed by atoms with E-state index < -0.39 is 0 Å². The Hall–Kier alpha value is -2.21.